The second kappa shape index (κ2) is 10.2. The quantitative estimate of drug-likeness (QED) is 0.184. The molecule has 170 valence electrons. The molecule has 10 nitrogen and oxygen atoms in total. The first-order valence-corrected chi connectivity index (χ1v) is 10.7. The summed E-state index contributed by atoms with van der Waals surface area (Å²) in [5.74, 6) is -3.53. The van der Waals surface area contributed by atoms with E-state index in [9.17, 15) is 18.9 Å². The normalized spacial score (nSPS) is 11.5. The molecule has 0 spiro atoms. The highest BCUT2D eigenvalue weighted by Crippen LogP contribution is 2.50. The number of hydrogen-bond donors (Lipinski definition) is 0. The Morgan fingerprint density at radius 1 is 0.818 bits per heavy atom. The predicted molar refractivity (Wildman–Crippen MR) is 113 cm³/mol. The highest BCUT2D eigenvalue weighted by molar-refractivity contribution is 7.48. The fraction of sp³-hybridized carbons (Fsp3) is 0.0455. The van der Waals surface area contributed by atoms with E-state index in [4.69, 9.17) is 0 Å². The van der Waals surface area contributed by atoms with E-state index in [1.54, 1.807) is 12.1 Å². The topological polar surface area (TPSA) is 124 Å². The van der Waals surface area contributed by atoms with Crippen molar-refractivity contribution in [2.45, 2.75) is 6.42 Å². The zero-order valence-electron chi connectivity index (χ0n) is 17.1. The Hall–Kier alpha value is -3.82. The van der Waals surface area contributed by atoms with Gasteiger partial charge in [0.05, 0.1) is 5.57 Å². The summed E-state index contributed by atoms with van der Waals surface area (Å²) >= 11 is 0. The molecule has 0 fully saturated rings. The monoisotopic (exact) mass is 472 g/mol. The zero-order chi connectivity index (χ0) is 24.0. The van der Waals surface area contributed by atoms with Gasteiger partial charge in [-0.15, -0.1) is 0 Å². The van der Waals surface area contributed by atoms with Crippen molar-refractivity contribution in [1.82, 2.24) is 0 Å². The largest absolute Gasteiger partial charge is 0.584 e. The number of phosphoric acid groups is 1. The molecular weight excluding hydrogens is 455 g/mol. The van der Waals surface area contributed by atoms with Crippen LogP contribution in [0.2, 0.25) is 0 Å². The van der Waals surface area contributed by atoms with Crippen LogP contribution >= 0.6 is 7.82 Å². The molecule has 0 unspecified atom stereocenters. The van der Waals surface area contributed by atoms with Crippen LogP contribution in [-0.2, 0) is 54.1 Å². The van der Waals surface area contributed by atoms with Crippen LogP contribution in [0.1, 0.15) is 16.7 Å². The lowest BCUT2D eigenvalue weighted by atomic mass is 9.96. The fourth-order valence-corrected chi connectivity index (χ4v) is 3.51. The van der Waals surface area contributed by atoms with Gasteiger partial charge in [-0.05, 0) is 34.2 Å². The molecule has 1 aliphatic rings. The van der Waals surface area contributed by atoms with Crippen LogP contribution in [0.25, 0.3) is 16.7 Å². The molecular formula is C22H17O10P. The van der Waals surface area contributed by atoms with E-state index in [1.807, 2.05) is 30.3 Å². The lowest BCUT2D eigenvalue weighted by Gasteiger charge is -2.14. The van der Waals surface area contributed by atoms with Crippen molar-refractivity contribution in [3.63, 3.8) is 0 Å². The summed E-state index contributed by atoms with van der Waals surface area (Å²) < 4.78 is 25.2. The maximum Gasteiger partial charge on any atom is 0.584 e. The molecule has 0 amide bonds. The van der Waals surface area contributed by atoms with Gasteiger partial charge in [-0.3, -0.25) is 14.7 Å². The Morgan fingerprint density at radius 2 is 1.39 bits per heavy atom. The molecule has 0 heterocycles. The highest BCUT2D eigenvalue weighted by Gasteiger charge is 2.38. The Labute approximate surface area is 188 Å². The second-order valence-electron chi connectivity index (χ2n) is 6.40. The minimum absolute atomic E-state index is 0.127. The smallest absolute Gasteiger partial charge is 0.283 e. The van der Waals surface area contributed by atoms with E-state index >= 15 is 0 Å². The highest BCUT2D eigenvalue weighted by atomic mass is 31.2. The molecule has 33 heavy (non-hydrogen) atoms. The SMILES string of the molecule is C=CC(=O)OOP(=O)(OOC(=O)C=C)OOC(=O)C(=C)c1cccc2c1Cc1ccccc1-2. The first-order chi connectivity index (χ1) is 15.8. The molecule has 0 radical (unpaired) electrons. The maximum atomic E-state index is 12.5. The molecule has 0 atom stereocenters. The van der Waals surface area contributed by atoms with Crippen LogP contribution in [0.5, 0.6) is 0 Å². The molecule has 0 N–H and O–H groups in total. The molecule has 1 aliphatic carbocycles. The standard InChI is InChI=1S/C22H17O10P/c1-4-20(23)27-30-33(26,31-28-21(24)5-2)32-29-22(25)14(3)16-11-8-12-18-17-10-7-6-9-15(17)13-19(16)18/h4-12H,1-3,13H2. The Bertz CT molecular complexity index is 1170. The van der Waals surface area contributed by atoms with Crippen molar-refractivity contribution in [2.24, 2.45) is 0 Å². The summed E-state index contributed by atoms with van der Waals surface area (Å²) in [5, 5.41) is 0. The summed E-state index contributed by atoms with van der Waals surface area (Å²) in [6, 6.07) is 13.1. The van der Waals surface area contributed by atoms with Gasteiger partial charge in [-0.1, -0.05) is 76.2 Å². The van der Waals surface area contributed by atoms with E-state index in [-0.39, 0.29) is 5.57 Å². The van der Waals surface area contributed by atoms with Crippen molar-refractivity contribution >= 4 is 31.3 Å². The van der Waals surface area contributed by atoms with E-state index in [0.717, 1.165) is 22.3 Å². The van der Waals surface area contributed by atoms with Crippen molar-refractivity contribution < 1.29 is 47.6 Å². The lowest BCUT2D eigenvalue weighted by molar-refractivity contribution is -0.291. The van der Waals surface area contributed by atoms with Crippen LogP contribution in [0.4, 0.5) is 0 Å². The van der Waals surface area contributed by atoms with Crippen molar-refractivity contribution in [3.8, 4) is 11.1 Å². The zero-order valence-corrected chi connectivity index (χ0v) is 17.9. The van der Waals surface area contributed by atoms with Crippen LogP contribution in [0.15, 0.2) is 74.4 Å². The number of fused-ring (bicyclic) bond motifs is 3. The third kappa shape index (κ3) is 5.51. The molecule has 0 aliphatic heterocycles. The van der Waals surface area contributed by atoms with E-state index in [2.05, 4.69) is 48.4 Å². The minimum atomic E-state index is -5.07. The van der Waals surface area contributed by atoms with Crippen LogP contribution in [-0.4, -0.2) is 17.9 Å². The average Bonchev–Trinajstić information content (AvgIpc) is 3.23. The number of carbonyl (C=O) groups is 3. The van der Waals surface area contributed by atoms with Gasteiger partial charge in [0.1, 0.15) is 0 Å². The van der Waals surface area contributed by atoms with Crippen LogP contribution in [0.3, 0.4) is 0 Å². The molecule has 2 aromatic carbocycles. The first-order valence-electron chi connectivity index (χ1n) is 9.23. The molecule has 2 aromatic rings. The molecule has 11 heteroatoms. The van der Waals surface area contributed by atoms with Crippen LogP contribution < -0.4 is 0 Å². The molecule has 0 saturated heterocycles. The Kier molecular flexibility index (Phi) is 7.37. The van der Waals surface area contributed by atoms with E-state index in [1.165, 1.54) is 0 Å². The Morgan fingerprint density at radius 3 is 2.03 bits per heavy atom. The van der Waals surface area contributed by atoms with Crippen LogP contribution in [0, 0.1) is 0 Å². The third-order valence-corrected chi connectivity index (χ3v) is 5.15. The number of rotatable bonds is 10. The van der Waals surface area contributed by atoms with E-state index in [0.29, 0.717) is 24.1 Å². The summed E-state index contributed by atoms with van der Waals surface area (Å²) in [5.41, 5.74) is 4.24. The molecule has 0 bridgehead atoms. The Balaban J connectivity index is 1.73. The molecule has 3 rings (SSSR count). The molecule has 0 saturated carbocycles. The van der Waals surface area contributed by atoms with Gasteiger partial charge >= 0.3 is 25.7 Å². The summed E-state index contributed by atoms with van der Waals surface area (Å²) in [6.45, 7) is 9.92. The second-order valence-corrected chi connectivity index (χ2v) is 7.74. The summed E-state index contributed by atoms with van der Waals surface area (Å²) in [4.78, 5) is 47.5. The van der Waals surface area contributed by atoms with Gasteiger partial charge in [-0.25, -0.2) is 18.9 Å². The van der Waals surface area contributed by atoms with Crippen molar-refractivity contribution in [1.29, 1.82) is 0 Å². The molecule has 0 aromatic heterocycles. The predicted octanol–water partition coefficient (Wildman–Crippen LogP) is 4.18. The lowest BCUT2D eigenvalue weighted by Crippen LogP contribution is -2.12. The van der Waals surface area contributed by atoms with Crippen molar-refractivity contribution in [2.75, 3.05) is 0 Å². The average molecular weight is 472 g/mol. The minimum Gasteiger partial charge on any atom is -0.283 e. The third-order valence-electron chi connectivity index (χ3n) is 4.38. The van der Waals surface area contributed by atoms with Gasteiger partial charge < -0.3 is 0 Å². The summed E-state index contributed by atoms with van der Waals surface area (Å²) in [7, 11) is -5.07. The number of hydrogen-bond acceptors (Lipinski definition) is 10. The van der Waals surface area contributed by atoms with Gasteiger partial charge in [0.25, 0.3) is 0 Å². The fourth-order valence-electron chi connectivity index (χ4n) is 2.95. The number of carbonyl (C=O) groups excluding carboxylic acids is 3. The van der Waals surface area contributed by atoms with Gasteiger partial charge in [0.15, 0.2) is 0 Å². The number of benzene rings is 2. The first kappa shape index (κ1) is 23.8. The van der Waals surface area contributed by atoms with Gasteiger partial charge in [0.2, 0.25) is 0 Å². The van der Waals surface area contributed by atoms with Gasteiger partial charge in [-0.2, -0.15) is 0 Å². The maximum absolute atomic E-state index is 12.5. The van der Waals surface area contributed by atoms with Gasteiger partial charge in [0, 0.05) is 12.2 Å². The van der Waals surface area contributed by atoms with E-state index < -0.39 is 25.7 Å². The van der Waals surface area contributed by atoms with Crippen molar-refractivity contribution in [3.05, 3.63) is 91.0 Å². The summed E-state index contributed by atoms with van der Waals surface area (Å²) in [6.07, 6.45) is 1.90.